The minimum atomic E-state index is -0.755. The molecule has 0 spiro atoms. The van der Waals surface area contributed by atoms with Gasteiger partial charge >= 0.3 is 5.97 Å². The molecule has 1 aliphatic carbocycles. The SMILES string of the molecule is Cc1csc2nc(CN3C(C(=O)O)CC4CCCCC43)cc(=O)n12.Cl. The van der Waals surface area contributed by atoms with Crippen LogP contribution < -0.4 is 5.56 Å². The van der Waals surface area contributed by atoms with Gasteiger partial charge in [-0.15, -0.1) is 23.7 Å². The molecule has 0 bridgehead atoms. The van der Waals surface area contributed by atoms with Crippen molar-refractivity contribution in [3.8, 4) is 0 Å². The van der Waals surface area contributed by atoms with Crippen molar-refractivity contribution in [2.45, 2.75) is 57.7 Å². The maximum Gasteiger partial charge on any atom is 0.320 e. The zero-order valence-electron chi connectivity index (χ0n) is 14.1. The van der Waals surface area contributed by atoms with Gasteiger partial charge in [0.05, 0.1) is 5.69 Å². The van der Waals surface area contributed by atoms with Crippen molar-refractivity contribution in [1.82, 2.24) is 14.3 Å². The summed E-state index contributed by atoms with van der Waals surface area (Å²) in [7, 11) is 0. The molecule has 3 heterocycles. The summed E-state index contributed by atoms with van der Waals surface area (Å²) in [6.45, 7) is 2.33. The van der Waals surface area contributed by atoms with Crippen LogP contribution in [0.4, 0.5) is 0 Å². The number of rotatable bonds is 3. The fraction of sp³-hybridized carbons (Fsp3) is 0.588. The summed E-state index contributed by atoms with van der Waals surface area (Å²) >= 11 is 1.45. The van der Waals surface area contributed by atoms with Gasteiger partial charge in [0.25, 0.3) is 5.56 Å². The number of aryl methyl sites for hydroxylation is 1. The van der Waals surface area contributed by atoms with Crippen LogP contribution in [0.5, 0.6) is 0 Å². The highest BCUT2D eigenvalue weighted by molar-refractivity contribution is 7.15. The predicted octanol–water partition coefficient (Wildman–Crippen LogP) is 2.70. The van der Waals surface area contributed by atoms with E-state index in [-0.39, 0.29) is 18.0 Å². The number of carboxylic acids is 1. The first kappa shape index (κ1) is 18.4. The molecule has 0 radical (unpaired) electrons. The summed E-state index contributed by atoms with van der Waals surface area (Å²) < 4.78 is 1.61. The molecule has 1 aliphatic heterocycles. The number of likely N-dealkylation sites (tertiary alicyclic amines) is 1. The molecule has 2 aliphatic rings. The number of aliphatic carboxylic acids is 1. The lowest BCUT2D eigenvalue weighted by Gasteiger charge is -2.32. The first-order chi connectivity index (χ1) is 11.5. The lowest BCUT2D eigenvalue weighted by molar-refractivity contribution is -0.142. The number of hydrogen-bond donors (Lipinski definition) is 1. The third kappa shape index (κ3) is 3.20. The van der Waals surface area contributed by atoms with Gasteiger partial charge in [-0.05, 0) is 32.1 Å². The van der Waals surface area contributed by atoms with E-state index >= 15 is 0 Å². The van der Waals surface area contributed by atoms with Crippen LogP contribution in [-0.4, -0.2) is 37.4 Å². The molecule has 2 aromatic rings. The molecule has 0 aromatic carbocycles. The zero-order valence-corrected chi connectivity index (χ0v) is 15.7. The number of hydrogen-bond acceptors (Lipinski definition) is 5. The van der Waals surface area contributed by atoms with Crippen molar-refractivity contribution in [1.29, 1.82) is 0 Å². The van der Waals surface area contributed by atoms with Gasteiger partial charge < -0.3 is 5.11 Å². The summed E-state index contributed by atoms with van der Waals surface area (Å²) in [4.78, 5) is 31.4. The van der Waals surface area contributed by atoms with Gasteiger partial charge in [-0.2, -0.15) is 0 Å². The van der Waals surface area contributed by atoms with Crippen LogP contribution in [-0.2, 0) is 11.3 Å². The molecule has 3 atom stereocenters. The fourth-order valence-electron chi connectivity index (χ4n) is 4.39. The van der Waals surface area contributed by atoms with Gasteiger partial charge in [-0.1, -0.05) is 12.8 Å². The third-order valence-corrected chi connectivity index (χ3v) is 6.42. The normalized spacial score (nSPS) is 26.4. The molecule has 1 N–H and O–H groups in total. The molecule has 3 unspecified atom stereocenters. The summed E-state index contributed by atoms with van der Waals surface area (Å²) in [5.74, 6) is -0.289. The van der Waals surface area contributed by atoms with Crippen LogP contribution in [0.3, 0.4) is 0 Å². The summed E-state index contributed by atoms with van der Waals surface area (Å²) in [5, 5.41) is 11.5. The second-order valence-electron chi connectivity index (χ2n) is 6.95. The molecule has 1 saturated heterocycles. The Morgan fingerprint density at radius 1 is 1.40 bits per heavy atom. The number of thiazole rings is 1. The average Bonchev–Trinajstić information content (AvgIpc) is 3.09. The Hall–Kier alpha value is -1.44. The lowest BCUT2D eigenvalue weighted by atomic mass is 9.85. The number of halogens is 1. The van der Waals surface area contributed by atoms with Crippen molar-refractivity contribution >= 4 is 34.7 Å². The Bertz CT molecular complexity index is 849. The second kappa shape index (κ2) is 7.05. The molecule has 136 valence electrons. The Morgan fingerprint density at radius 3 is 2.92 bits per heavy atom. The standard InChI is InChI=1S/C17H21N3O3S.ClH/c1-10-9-24-17-18-12(7-15(21)20(10)17)8-19-13-5-3-2-4-11(13)6-14(19)16(22)23;/h7,9,11,13-14H,2-6,8H2,1H3,(H,22,23);1H. The lowest BCUT2D eigenvalue weighted by Crippen LogP contribution is -2.42. The number of fused-ring (bicyclic) bond motifs is 2. The monoisotopic (exact) mass is 383 g/mol. The Kier molecular flexibility index (Phi) is 5.18. The van der Waals surface area contributed by atoms with Gasteiger partial charge in [0.2, 0.25) is 0 Å². The van der Waals surface area contributed by atoms with Crippen LogP contribution >= 0.6 is 23.7 Å². The van der Waals surface area contributed by atoms with Crippen LogP contribution in [0.2, 0.25) is 0 Å². The molecule has 4 rings (SSSR count). The Morgan fingerprint density at radius 2 is 2.16 bits per heavy atom. The van der Waals surface area contributed by atoms with Crippen LogP contribution in [0.1, 0.15) is 43.5 Å². The van der Waals surface area contributed by atoms with E-state index in [1.807, 2.05) is 12.3 Å². The van der Waals surface area contributed by atoms with E-state index in [9.17, 15) is 14.7 Å². The van der Waals surface area contributed by atoms with E-state index in [0.717, 1.165) is 31.4 Å². The zero-order chi connectivity index (χ0) is 16.8. The minimum absolute atomic E-state index is 0. The van der Waals surface area contributed by atoms with E-state index in [1.54, 1.807) is 10.5 Å². The molecule has 8 heteroatoms. The highest BCUT2D eigenvalue weighted by Gasteiger charge is 2.45. The molecular weight excluding hydrogens is 362 g/mol. The second-order valence-corrected chi connectivity index (χ2v) is 7.79. The number of carboxylic acid groups (broad SMARTS) is 1. The average molecular weight is 384 g/mol. The topological polar surface area (TPSA) is 74.9 Å². The third-order valence-electron chi connectivity index (χ3n) is 5.48. The van der Waals surface area contributed by atoms with Crippen LogP contribution in [0.15, 0.2) is 16.2 Å². The van der Waals surface area contributed by atoms with Crippen molar-refractivity contribution in [3.63, 3.8) is 0 Å². The Labute approximate surface area is 155 Å². The molecule has 2 fully saturated rings. The highest BCUT2D eigenvalue weighted by Crippen LogP contribution is 2.40. The van der Waals surface area contributed by atoms with Gasteiger partial charge in [0.15, 0.2) is 4.96 Å². The van der Waals surface area contributed by atoms with Crippen molar-refractivity contribution < 1.29 is 9.90 Å². The van der Waals surface area contributed by atoms with E-state index in [1.165, 1.54) is 17.8 Å². The fourth-order valence-corrected chi connectivity index (χ4v) is 5.28. The number of nitrogens with zero attached hydrogens (tertiary/aromatic N) is 3. The summed E-state index contributed by atoms with van der Waals surface area (Å²) in [6, 6.07) is 1.41. The minimum Gasteiger partial charge on any atom is -0.480 e. The number of carbonyl (C=O) groups is 1. The number of aromatic nitrogens is 2. The maximum absolute atomic E-state index is 12.3. The van der Waals surface area contributed by atoms with E-state index < -0.39 is 12.0 Å². The Balaban J connectivity index is 0.00000182. The predicted molar refractivity (Wildman–Crippen MR) is 98.7 cm³/mol. The van der Waals surface area contributed by atoms with E-state index in [2.05, 4.69) is 9.88 Å². The van der Waals surface area contributed by atoms with Gasteiger partial charge in [0.1, 0.15) is 6.04 Å². The molecule has 6 nitrogen and oxygen atoms in total. The molecule has 2 aromatic heterocycles. The summed E-state index contributed by atoms with van der Waals surface area (Å²) in [6.07, 6.45) is 5.24. The first-order valence-corrected chi connectivity index (χ1v) is 9.38. The molecule has 0 amide bonds. The largest absolute Gasteiger partial charge is 0.480 e. The van der Waals surface area contributed by atoms with Crippen LogP contribution in [0.25, 0.3) is 4.96 Å². The summed E-state index contributed by atoms with van der Waals surface area (Å²) in [5.41, 5.74) is 1.48. The van der Waals surface area contributed by atoms with E-state index in [0.29, 0.717) is 29.2 Å². The van der Waals surface area contributed by atoms with E-state index in [4.69, 9.17) is 0 Å². The quantitative estimate of drug-likeness (QED) is 0.881. The van der Waals surface area contributed by atoms with Gasteiger partial charge in [-0.3, -0.25) is 18.9 Å². The first-order valence-electron chi connectivity index (χ1n) is 8.50. The van der Waals surface area contributed by atoms with Crippen molar-refractivity contribution in [2.24, 2.45) is 5.92 Å². The molecular formula is C17H22ClN3O3S. The van der Waals surface area contributed by atoms with Crippen molar-refractivity contribution in [3.05, 3.63) is 33.2 Å². The smallest absolute Gasteiger partial charge is 0.320 e. The van der Waals surface area contributed by atoms with Crippen LogP contribution in [0, 0.1) is 12.8 Å². The molecule has 25 heavy (non-hydrogen) atoms. The highest BCUT2D eigenvalue weighted by atomic mass is 35.5. The van der Waals surface area contributed by atoms with Gasteiger partial charge in [-0.25, -0.2) is 4.98 Å². The molecule has 1 saturated carbocycles. The van der Waals surface area contributed by atoms with Gasteiger partial charge in [0, 0.05) is 29.7 Å². The maximum atomic E-state index is 12.3. The van der Waals surface area contributed by atoms with Crippen molar-refractivity contribution in [2.75, 3.05) is 0 Å².